The topological polar surface area (TPSA) is 74.5 Å². The van der Waals surface area contributed by atoms with Crippen LogP contribution in [0, 0.1) is 11.3 Å². The molecule has 0 unspecified atom stereocenters. The molecule has 0 aliphatic carbocycles. The van der Waals surface area contributed by atoms with Crippen LogP contribution in [-0.2, 0) is 6.61 Å². The summed E-state index contributed by atoms with van der Waals surface area (Å²) >= 11 is 3.34. The Morgan fingerprint density at radius 1 is 1.11 bits per heavy atom. The predicted molar refractivity (Wildman–Crippen MR) is 111 cm³/mol. The first-order valence-electron chi connectivity index (χ1n) is 8.45. The summed E-state index contributed by atoms with van der Waals surface area (Å²) < 4.78 is 6.49. The Bertz CT molecular complexity index is 1040. The van der Waals surface area contributed by atoms with Gasteiger partial charge in [-0.25, -0.2) is 5.43 Å². The summed E-state index contributed by atoms with van der Waals surface area (Å²) in [6.07, 6.45) is 1.56. The number of hydrazone groups is 1. The van der Waals surface area contributed by atoms with E-state index in [1.54, 1.807) is 36.5 Å². The van der Waals surface area contributed by atoms with Crippen LogP contribution in [0.3, 0.4) is 0 Å². The van der Waals surface area contributed by atoms with Crippen molar-refractivity contribution >= 4 is 28.1 Å². The third-order valence-corrected chi connectivity index (χ3v) is 4.54. The number of benzene rings is 3. The van der Waals surface area contributed by atoms with E-state index >= 15 is 0 Å². The monoisotopic (exact) mass is 433 g/mol. The molecule has 3 aromatic rings. The van der Waals surface area contributed by atoms with Crippen LogP contribution in [0.15, 0.2) is 82.4 Å². The number of nitrogens with one attached hydrogen (secondary N) is 1. The van der Waals surface area contributed by atoms with Crippen LogP contribution >= 0.6 is 15.9 Å². The third-order valence-electron chi connectivity index (χ3n) is 3.84. The lowest BCUT2D eigenvalue weighted by Crippen LogP contribution is -2.18. The van der Waals surface area contributed by atoms with Crippen molar-refractivity contribution in [2.75, 3.05) is 0 Å². The van der Waals surface area contributed by atoms with E-state index in [1.807, 2.05) is 42.5 Å². The van der Waals surface area contributed by atoms with Gasteiger partial charge >= 0.3 is 0 Å². The molecule has 0 saturated heterocycles. The highest BCUT2D eigenvalue weighted by Gasteiger charge is 2.07. The second-order valence-electron chi connectivity index (χ2n) is 5.85. The minimum atomic E-state index is -0.294. The highest BCUT2D eigenvalue weighted by Crippen LogP contribution is 2.16. The number of amides is 1. The molecule has 1 N–H and O–H groups in total. The average Bonchev–Trinajstić information content (AvgIpc) is 2.73. The molecule has 3 aromatic carbocycles. The number of nitriles is 1. The van der Waals surface area contributed by atoms with Crippen molar-refractivity contribution < 1.29 is 9.53 Å². The van der Waals surface area contributed by atoms with Gasteiger partial charge in [0.15, 0.2) is 0 Å². The fourth-order valence-electron chi connectivity index (χ4n) is 2.40. The van der Waals surface area contributed by atoms with Gasteiger partial charge in [0, 0.05) is 4.47 Å². The summed E-state index contributed by atoms with van der Waals surface area (Å²) in [6, 6.07) is 23.9. The lowest BCUT2D eigenvalue weighted by atomic mass is 10.1. The van der Waals surface area contributed by atoms with Gasteiger partial charge in [0.25, 0.3) is 5.91 Å². The Kier molecular flexibility index (Phi) is 6.55. The number of carbonyl (C=O) groups is 1. The molecule has 1 amide bonds. The zero-order valence-corrected chi connectivity index (χ0v) is 16.4. The number of hydrogen-bond donors (Lipinski definition) is 1. The van der Waals surface area contributed by atoms with Crippen LogP contribution < -0.4 is 10.2 Å². The van der Waals surface area contributed by atoms with Crippen molar-refractivity contribution in [3.05, 3.63) is 99.5 Å². The van der Waals surface area contributed by atoms with Crippen molar-refractivity contribution in [3.8, 4) is 11.8 Å². The Balaban J connectivity index is 1.58. The Morgan fingerprint density at radius 3 is 2.64 bits per heavy atom. The first-order valence-corrected chi connectivity index (χ1v) is 9.25. The van der Waals surface area contributed by atoms with E-state index in [9.17, 15) is 4.79 Å². The molecule has 0 aromatic heterocycles. The molecular formula is C22H16BrN3O2. The number of carbonyl (C=O) groups excluding carboxylic acids is 1. The number of nitrogens with zero attached hydrogens (tertiary/aromatic N) is 2. The standard InChI is InChI=1S/C22H16BrN3O2/c23-21-7-2-1-6-20(21)22(27)26-25-14-18-4-3-5-19(12-18)28-15-17-10-8-16(13-24)9-11-17/h1-12,14H,15H2,(H,26,27)/b25-14-. The van der Waals surface area contributed by atoms with E-state index in [-0.39, 0.29) is 5.91 Å². The normalized spacial score (nSPS) is 10.4. The molecule has 0 bridgehead atoms. The van der Waals surface area contributed by atoms with Crippen molar-refractivity contribution in [2.45, 2.75) is 6.61 Å². The van der Waals surface area contributed by atoms with E-state index in [4.69, 9.17) is 10.00 Å². The molecule has 6 heteroatoms. The molecule has 0 aliphatic rings. The summed E-state index contributed by atoms with van der Waals surface area (Å²) in [5, 5.41) is 12.8. The third kappa shape index (κ3) is 5.29. The van der Waals surface area contributed by atoms with E-state index in [1.165, 1.54) is 0 Å². The van der Waals surface area contributed by atoms with Crippen molar-refractivity contribution in [3.63, 3.8) is 0 Å². The van der Waals surface area contributed by atoms with Gasteiger partial charge in [0.2, 0.25) is 0 Å². The van der Waals surface area contributed by atoms with Crippen molar-refractivity contribution in [2.24, 2.45) is 5.10 Å². The summed E-state index contributed by atoms with van der Waals surface area (Å²) in [6.45, 7) is 0.394. The smallest absolute Gasteiger partial charge is 0.272 e. The summed E-state index contributed by atoms with van der Waals surface area (Å²) in [7, 11) is 0. The minimum Gasteiger partial charge on any atom is -0.489 e. The van der Waals surface area contributed by atoms with Gasteiger partial charge in [-0.15, -0.1) is 0 Å². The molecule has 0 heterocycles. The lowest BCUT2D eigenvalue weighted by molar-refractivity contribution is 0.0954. The molecule has 0 fully saturated rings. The first-order chi connectivity index (χ1) is 13.7. The maximum atomic E-state index is 12.1. The second-order valence-corrected chi connectivity index (χ2v) is 6.70. The van der Waals surface area contributed by atoms with Gasteiger partial charge in [0.1, 0.15) is 12.4 Å². The van der Waals surface area contributed by atoms with Crippen LogP contribution in [0.25, 0.3) is 0 Å². The number of rotatable bonds is 6. The molecule has 0 spiro atoms. The maximum Gasteiger partial charge on any atom is 0.272 e. The average molecular weight is 434 g/mol. The minimum absolute atomic E-state index is 0.294. The van der Waals surface area contributed by atoms with Crippen LogP contribution in [0.4, 0.5) is 0 Å². The first kappa shape index (κ1) is 19.3. The van der Waals surface area contributed by atoms with Crippen LogP contribution in [0.2, 0.25) is 0 Å². The molecule has 0 atom stereocenters. The highest BCUT2D eigenvalue weighted by molar-refractivity contribution is 9.10. The highest BCUT2D eigenvalue weighted by atomic mass is 79.9. The molecule has 0 radical (unpaired) electrons. The largest absolute Gasteiger partial charge is 0.489 e. The van der Waals surface area contributed by atoms with Crippen LogP contribution in [0.1, 0.15) is 27.0 Å². The maximum absolute atomic E-state index is 12.1. The lowest BCUT2D eigenvalue weighted by Gasteiger charge is -2.07. The van der Waals surface area contributed by atoms with Gasteiger partial charge in [-0.2, -0.15) is 10.4 Å². The van der Waals surface area contributed by atoms with Gasteiger partial charge in [-0.3, -0.25) is 4.79 Å². The number of hydrogen-bond acceptors (Lipinski definition) is 4. The van der Waals surface area contributed by atoms with Crippen LogP contribution in [0.5, 0.6) is 5.75 Å². The van der Waals surface area contributed by atoms with E-state index < -0.39 is 0 Å². The second kappa shape index (κ2) is 9.49. The van der Waals surface area contributed by atoms with Gasteiger partial charge in [-0.05, 0) is 63.5 Å². The molecule has 5 nitrogen and oxygen atoms in total. The van der Waals surface area contributed by atoms with Gasteiger partial charge in [0.05, 0.1) is 23.4 Å². The molecule has 138 valence electrons. The quantitative estimate of drug-likeness (QED) is 0.453. The zero-order chi connectivity index (χ0) is 19.8. The number of ether oxygens (including phenoxy) is 1. The van der Waals surface area contributed by atoms with Crippen molar-refractivity contribution in [1.82, 2.24) is 5.43 Å². The van der Waals surface area contributed by atoms with Gasteiger partial charge in [-0.1, -0.05) is 36.4 Å². The van der Waals surface area contributed by atoms with E-state index in [0.29, 0.717) is 28.0 Å². The van der Waals surface area contributed by atoms with Crippen molar-refractivity contribution in [1.29, 1.82) is 5.26 Å². The fraction of sp³-hybridized carbons (Fsp3) is 0.0455. The summed E-state index contributed by atoms with van der Waals surface area (Å²) in [5.74, 6) is 0.391. The van der Waals surface area contributed by atoms with Gasteiger partial charge < -0.3 is 4.74 Å². The molecule has 28 heavy (non-hydrogen) atoms. The Morgan fingerprint density at radius 2 is 1.89 bits per heavy atom. The molecule has 3 rings (SSSR count). The summed E-state index contributed by atoms with van der Waals surface area (Å²) in [5.41, 5.74) is 5.41. The summed E-state index contributed by atoms with van der Waals surface area (Å²) in [4.78, 5) is 12.1. The molecular weight excluding hydrogens is 418 g/mol. The Labute approximate surface area is 171 Å². The number of halogens is 1. The predicted octanol–water partition coefficient (Wildman–Crippen LogP) is 4.66. The van der Waals surface area contributed by atoms with Crippen LogP contribution in [-0.4, -0.2) is 12.1 Å². The molecule has 0 saturated carbocycles. The van der Waals surface area contributed by atoms with E-state index in [0.717, 1.165) is 11.1 Å². The fourth-order valence-corrected chi connectivity index (χ4v) is 2.86. The Hall–Kier alpha value is -3.43. The molecule has 0 aliphatic heterocycles. The SMILES string of the molecule is N#Cc1ccc(COc2cccc(/C=N\NC(=O)c3ccccc3Br)c2)cc1. The van der Waals surface area contributed by atoms with E-state index in [2.05, 4.69) is 32.5 Å². The zero-order valence-electron chi connectivity index (χ0n) is 14.8.